The number of methoxy groups -OCH3 is 1. The molecule has 0 fully saturated rings. The molecule has 2 rings (SSSR count). The zero-order valence-corrected chi connectivity index (χ0v) is 10.3. The molecule has 0 saturated carbocycles. The molecule has 1 aromatic heterocycles. The minimum Gasteiger partial charge on any atom is -0.385 e. The molecular weight excluding hydrogens is 212 g/mol. The van der Waals surface area contributed by atoms with E-state index in [-0.39, 0.29) is 6.04 Å². The first kappa shape index (κ1) is 12.0. The highest BCUT2D eigenvalue weighted by Gasteiger charge is 2.12. The molecule has 0 radical (unpaired) electrons. The highest BCUT2D eigenvalue weighted by atomic mass is 16.5. The number of pyridine rings is 1. The van der Waals surface area contributed by atoms with Crippen LogP contribution in [-0.2, 0) is 4.74 Å². The minimum absolute atomic E-state index is 0.286. The summed E-state index contributed by atoms with van der Waals surface area (Å²) in [5.74, 6) is 0. The molecule has 1 unspecified atom stereocenters. The van der Waals surface area contributed by atoms with Crippen LogP contribution in [0.1, 0.15) is 18.0 Å². The standard InChI is InChI=1S/C14H18N2O/c1-15-13(8-10-17-2)12-7-3-5-11-6-4-9-16-14(11)12/h3-7,9,13,15H,8,10H2,1-2H3. The maximum Gasteiger partial charge on any atom is 0.0749 e. The van der Waals surface area contributed by atoms with Gasteiger partial charge >= 0.3 is 0 Å². The topological polar surface area (TPSA) is 34.1 Å². The van der Waals surface area contributed by atoms with Crippen molar-refractivity contribution in [1.29, 1.82) is 0 Å². The summed E-state index contributed by atoms with van der Waals surface area (Å²) in [6.45, 7) is 0.745. The molecule has 0 aliphatic carbocycles. The van der Waals surface area contributed by atoms with Crippen LogP contribution in [0.2, 0.25) is 0 Å². The average Bonchev–Trinajstić information content (AvgIpc) is 2.40. The van der Waals surface area contributed by atoms with Gasteiger partial charge in [-0.05, 0) is 25.1 Å². The quantitative estimate of drug-likeness (QED) is 0.857. The molecular formula is C14H18N2O. The molecule has 0 bridgehead atoms. The Bertz CT molecular complexity index is 479. The van der Waals surface area contributed by atoms with Crippen molar-refractivity contribution >= 4 is 10.9 Å². The molecule has 1 atom stereocenters. The number of hydrogen-bond donors (Lipinski definition) is 1. The number of benzene rings is 1. The van der Waals surface area contributed by atoms with Crippen LogP contribution in [0.4, 0.5) is 0 Å². The second kappa shape index (κ2) is 5.75. The Balaban J connectivity index is 2.38. The van der Waals surface area contributed by atoms with E-state index in [2.05, 4.69) is 34.6 Å². The van der Waals surface area contributed by atoms with Gasteiger partial charge in [-0.15, -0.1) is 0 Å². The number of para-hydroxylation sites is 1. The second-order valence-electron chi connectivity index (χ2n) is 4.05. The molecule has 1 aromatic carbocycles. The Morgan fingerprint density at radius 1 is 1.29 bits per heavy atom. The van der Waals surface area contributed by atoms with E-state index in [1.54, 1.807) is 7.11 Å². The van der Waals surface area contributed by atoms with Crippen molar-refractivity contribution in [1.82, 2.24) is 10.3 Å². The minimum atomic E-state index is 0.286. The lowest BCUT2D eigenvalue weighted by atomic mass is 10.0. The molecule has 0 amide bonds. The van der Waals surface area contributed by atoms with E-state index in [0.29, 0.717) is 0 Å². The lowest BCUT2D eigenvalue weighted by Gasteiger charge is -2.17. The number of nitrogens with one attached hydrogen (secondary N) is 1. The summed E-state index contributed by atoms with van der Waals surface area (Å²) in [5, 5.41) is 4.51. The Morgan fingerprint density at radius 3 is 2.88 bits per heavy atom. The van der Waals surface area contributed by atoms with Crippen molar-refractivity contribution in [2.75, 3.05) is 20.8 Å². The number of rotatable bonds is 5. The van der Waals surface area contributed by atoms with Crippen LogP contribution in [0.3, 0.4) is 0 Å². The van der Waals surface area contributed by atoms with Crippen LogP contribution in [0.25, 0.3) is 10.9 Å². The number of fused-ring (bicyclic) bond motifs is 1. The average molecular weight is 230 g/mol. The Kier molecular flexibility index (Phi) is 4.07. The van der Waals surface area contributed by atoms with E-state index in [4.69, 9.17) is 4.74 Å². The predicted molar refractivity (Wildman–Crippen MR) is 70.0 cm³/mol. The normalized spacial score (nSPS) is 12.8. The monoisotopic (exact) mass is 230 g/mol. The van der Waals surface area contributed by atoms with E-state index in [1.165, 1.54) is 10.9 Å². The maximum absolute atomic E-state index is 5.15. The first-order valence-corrected chi connectivity index (χ1v) is 5.86. The fraction of sp³-hybridized carbons (Fsp3) is 0.357. The van der Waals surface area contributed by atoms with E-state index >= 15 is 0 Å². The Hall–Kier alpha value is -1.45. The van der Waals surface area contributed by atoms with Crippen LogP contribution in [0, 0.1) is 0 Å². The van der Waals surface area contributed by atoms with Gasteiger partial charge < -0.3 is 10.1 Å². The fourth-order valence-corrected chi connectivity index (χ4v) is 2.10. The molecule has 1 heterocycles. The van der Waals surface area contributed by atoms with Crippen molar-refractivity contribution in [3.63, 3.8) is 0 Å². The first-order chi connectivity index (χ1) is 8.36. The molecule has 0 aliphatic heterocycles. The summed E-state index contributed by atoms with van der Waals surface area (Å²) in [6.07, 6.45) is 2.79. The highest BCUT2D eigenvalue weighted by Crippen LogP contribution is 2.24. The van der Waals surface area contributed by atoms with Crippen molar-refractivity contribution in [2.45, 2.75) is 12.5 Å². The van der Waals surface area contributed by atoms with Gasteiger partial charge in [0.25, 0.3) is 0 Å². The molecule has 0 saturated heterocycles. The zero-order chi connectivity index (χ0) is 12.1. The smallest absolute Gasteiger partial charge is 0.0749 e. The van der Waals surface area contributed by atoms with Crippen molar-refractivity contribution in [3.8, 4) is 0 Å². The summed E-state index contributed by atoms with van der Waals surface area (Å²) in [4.78, 5) is 4.48. The predicted octanol–water partition coefficient (Wildman–Crippen LogP) is 2.53. The molecule has 0 aliphatic rings. The second-order valence-corrected chi connectivity index (χ2v) is 4.05. The van der Waals surface area contributed by atoms with Crippen molar-refractivity contribution < 1.29 is 4.74 Å². The van der Waals surface area contributed by atoms with Gasteiger partial charge in [-0.1, -0.05) is 24.3 Å². The van der Waals surface area contributed by atoms with Gasteiger partial charge in [0.1, 0.15) is 0 Å². The lowest BCUT2D eigenvalue weighted by Crippen LogP contribution is -2.18. The summed E-state index contributed by atoms with van der Waals surface area (Å²) >= 11 is 0. The van der Waals surface area contributed by atoms with Crippen LogP contribution < -0.4 is 5.32 Å². The van der Waals surface area contributed by atoms with Gasteiger partial charge in [0.2, 0.25) is 0 Å². The SMILES string of the molecule is CNC(CCOC)c1cccc2cccnc12. The molecule has 3 heteroatoms. The third kappa shape index (κ3) is 2.62. The number of hydrogen-bond acceptors (Lipinski definition) is 3. The van der Waals surface area contributed by atoms with E-state index < -0.39 is 0 Å². The van der Waals surface area contributed by atoms with Gasteiger partial charge in [-0.25, -0.2) is 0 Å². The van der Waals surface area contributed by atoms with Gasteiger partial charge in [0.15, 0.2) is 0 Å². The van der Waals surface area contributed by atoms with E-state index in [1.807, 2.05) is 19.3 Å². The molecule has 2 aromatic rings. The summed E-state index contributed by atoms with van der Waals surface area (Å²) in [5.41, 5.74) is 2.31. The highest BCUT2D eigenvalue weighted by molar-refractivity contribution is 5.81. The fourth-order valence-electron chi connectivity index (χ4n) is 2.10. The van der Waals surface area contributed by atoms with Crippen molar-refractivity contribution in [3.05, 3.63) is 42.1 Å². The summed E-state index contributed by atoms with van der Waals surface area (Å²) in [6, 6.07) is 10.6. The Morgan fingerprint density at radius 2 is 2.12 bits per heavy atom. The molecule has 1 N–H and O–H groups in total. The Labute approximate surface area is 102 Å². The first-order valence-electron chi connectivity index (χ1n) is 5.86. The van der Waals surface area contributed by atoms with E-state index in [9.17, 15) is 0 Å². The number of aromatic nitrogens is 1. The third-order valence-corrected chi connectivity index (χ3v) is 3.00. The van der Waals surface area contributed by atoms with Gasteiger partial charge in [0.05, 0.1) is 5.52 Å². The summed E-state index contributed by atoms with van der Waals surface area (Å²) in [7, 11) is 3.70. The third-order valence-electron chi connectivity index (χ3n) is 3.00. The van der Waals surface area contributed by atoms with Gasteiger partial charge in [-0.3, -0.25) is 4.98 Å². The maximum atomic E-state index is 5.15. The zero-order valence-electron chi connectivity index (χ0n) is 10.3. The van der Waals surface area contributed by atoms with Crippen LogP contribution in [-0.4, -0.2) is 25.7 Å². The molecule has 17 heavy (non-hydrogen) atoms. The largest absolute Gasteiger partial charge is 0.385 e. The number of ether oxygens (including phenoxy) is 1. The lowest BCUT2D eigenvalue weighted by molar-refractivity contribution is 0.184. The molecule has 3 nitrogen and oxygen atoms in total. The van der Waals surface area contributed by atoms with Gasteiger partial charge in [0, 0.05) is 31.3 Å². The van der Waals surface area contributed by atoms with Gasteiger partial charge in [-0.2, -0.15) is 0 Å². The molecule has 0 spiro atoms. The van der Waals surface area contributed by atoms with E-state index in [0.717, 1.165) is 18.5 Å². The van der Waals surface area contributed by atoms with Crippen molar-refractivity contribution in [2.24, 2.45) is 0 Å². The van der Waals surface area contributed by atoms with Crippen LogP contribution in [0.15, 0.2) is 36.5 Å². The summed E-state index contributed by atoms with van der Waals surface area (Å²) < 4.78 is 5.15. The van der Waals surface area contributed by atoms with Crippen LogP contribution in [0.5, 0.6) is 0 Å². The van der Waals surface area contributed by atoms with Crippen LogP contribution >= 0.6 is 0 Å². The number of nitrogens with zero attached hydrogens (tertiary/aromatic N) is 1. The molecule has 90 valence electrons.